The number of hydrogen-bond acceptors (Lipinski definition) is 5. The van der Waals surface area contributed by atoms with Crippen molar-refractivity contribution in [2.45, 2.75) is 17.3 Å². The first kappa shape index (κ1) is 18.0. The highest BCUT2D eigenvalue weighted by molar-refractivity contribution is 8.01. The van der Waals surface area contributed by atoms with E-state index in [4.69, 9.17) is 16.3 Å². The molecule has 4 nitrogen and oxygen atoms in total. The van der Waals surface area contributed by atoms with Crippen molar-refractivity contribution in [2.24, 2.45) is 0 Å². The summed E-state index contributed by atoms with van der Waals surface area (Å²) in [4.78, 5) is 16.8. The largest absolute Gasteiger partial charge is 0.496 e. The van der Waals surface area contributed by atoms with Crippen LogP contribution in [0.1, 0.15) is 18.5 Å². The maximum absolute atomic E-state index is 12.3. The zero-order chi connectivity index (χ0) is 17.8. The smallest absolute Gasteiger partial charge is 0.230 e. The molecule has 0 bridgehead atoms. The molecule has 0 saturated carbocycles. The molecule has 0 spiro atoms. The zero-order valence-electron chi connectivity index (χ0n) is 13.8. The molecule has 1 unspecified atom stereocenters. The molecule has 1 amide bonds. The van der Waals surface area contributed by atoms with E-state index in [9.17, 15) is 4.79 Å². The first-order chi connectivity index (χ1) is 12.1. The quantitative estimate of drug-likeness (QED) is 0.604. The predicted octanol–water partition coefficient (Wildman–Crippen LogP) is 4.93. The van der Waals surface area contributed by atoms with E-state index in [1.807, 2.05) is 49.4 Å². The molecule has 0 aliphatic heterocycles. The van der Waals surface area contributed by atoms with Gasteiger partial charge in [0.05, 0.1) is 29.1 Å². The molecule has 1 N–H and O–H groups in total. The highest BCUT2D eigenvalue weighted by atomic mass is 35.5. The van der Waals surface area contributed by atoms with Gasteiger partial charge in [0, 0.05) is 10.6 Å². The van der Waals surface area contributed by atoms with Gasteiger partial charge in [-0.3, -0.25) is 4.79 Å². The number of thioether (sulfide) groups is 1. The van der Waals surface area contributed by atoms with Crippen molar-refractivity contribution in [3.63, 3.8) is 0 Å². The van der Waals surface area contributed by atoms with Crippen LogP contribution in [0.3, 0.4) is 0 Å². The van der Waals surface area contributed by atoms with Crippen LogP contribution < -0.4 is 10.1 Å². The third-order valence-corrected chi connectivity index (χ3v) is 6.05. The molecule has 130 valence electrons. The van der Waals surface area contributed by atoms with E-state index in [0.717, 1.165) is 25.9 Å². The van der Waals surface area contributed by atoms with Crippen molar-refractivity contribution >= 4 is 50.8 Å². The molecule has 7 heteroatoms. The van der Waals surface area contributed by atoms with Gasteiger partial charge in [-0.05, 0) is 31.2 Å². The molecular formula is C18H17ClN2O2S2. The van der Waals surface area contributed by atoms with Crippen molar-refractivity contribution in [3.8, 4) is 5.75 Å². The molecule has 3 rings (SSSR count). The van der Waals surface area contributed by atoms with Gasteiger partial charge in [0.2, 0.25) is 5.91 Å². The molecular weight excluding hydrogens is 376 g/mol. The fourth-order valence-electron chi connectivity index (χ4n) is 2.45. The second kappa shape index (κ2) is 8.08. The van der Waals surface area contributed by atoms with Crippen LogP contribution in [0.5, 0.6) is 5.75 Å². The molecule has 25 heavy (non-hydrogen) atoms. The lowest BCUT2D eigenvalue weighted by Crippen LogP contribution is -2.28. The molecule has 2 aromatic carbocycles. The van der Waals surface area contributed by atoms with E-state index in [2.05, 4.69) is 10.3 Å². The fraction of sp³-hybridized carbons (Fsp3) is 0.222. The topological polar surface area (TPSA) is 51.2 Å². The Kier molecular flexibility index (Phi) is 5.83. The minimum absolute atomic E-state index is 0.0410. The number of benzene rings is 2. The van der Waals surface area contributed by atoms with Gasteiger partial charge in [0.15, 0.2) is 4.34 Å². The summed E-state index contributed by atoms with van der Waals surface area (Å²) in [7, 11) is 1.63. The van der Waals surface area contributed by atoms with E-state index in [1.165, 1.54) is 11.8 Å². The summed E-state index contributed by atoms with van der Waals surface area (Å²) in [5.74, 6) is 1.04. The Morgan fingerprint density at radius 1 is 1.36 bits per heavy atom. The Bertz CT molecular complexity index is 898. The number of thiazole rings is 1. The Labute approximate surface area is 159 Å². The van der Waals surface area contributed by atoms with Crippen LogP contribution in [0.4, 0.5) is 0 Å². The summed E-state index contributed by atoms with van der Waals surface area (Å²) in [6.45, 7) is 1.94. The number of para-hydroxylation sites is 1. The van der Waals surface area contributed by atoms with Crippen LogP contribution in [-0.2, 0) is 4.79 Å². The van der Waals surface area contributed by atoms with Crippen LogP contribution in [0.2, 0.25) is 5.02 Å². The van der Waals surface area contributed by atoms with Crippen molar-refractivity contribution in [2.75, 3.05) is 12.9 Å². The first-order valence-corrected chi connectivity index (χ1v) is 9.86. The summed E-state index contributed by atoms with van der Waals surface area (Å²) in [6.07, 6.45) is 0. The van der Waals surface area contributed by atoms with Gasteiger partial charge in [-0.25, -0.2) is 4.98 Å². The molecule has 0 fully saturated rings. The highest BCUT2D eigenvalue weighted by Crippen LogP contribution is 2.31. The van der Waals surface area contributed by atoms with Crippen LogP contribution >= 0.6 is 34.7 Å². The van der Waals surface area contributed by atoms with Gasteiger partial charge in [0.1, 0.15) is 5.75 Å². The number of amides is 1. The monoisotopic (exact) mass is 392 g/mol. The standard InChI is InChI=1S/C18H17ClN2O2S2/c1-11(13-5-3-4-6-15(13)23-2)20-17(22)10-24-18-21-14-9-12(19)7-8-16(14)25-18/h3-9,11H,10H2,1-2H3,(H,20,22). The highest BCUT2D eigenvalue weighted by Gasteiger charge is 2.14. The number of hydrogen-bond donors (Lipinski definition) is 1. The molecule has 3 aromatic rings. The van der Waals surface area contributed by atoms with Crippen LogP contribution in [0, 0.1) is 0 Å². The maximum atomic E-state index is 12.3. The van der Waals surface area contributed by atoms with Gasteiger partial charge in [-0.2, -0.15) is 0 Å². The number of ether oxygens (including phenoxy) is 1. The van der Waals surface area contributed by atoms with Crippen LogP contribution in [0.25, 0.3) is 10.2 Å². The minimum Gasteiger partial charge on any atom is -0.496 e. The number of carbonyl (C=O) groups is 1. The molecule has 1 atom stereocenters. The van der Waals surface area contributed by atoms with Crippen LogP contribution in [0.15, 0.2) is 46.8 Å². The number of rotatable bonds is 6. The van der Waals surface area contributed by atoms with Crippen molar-refractivity contribution in [1.82, 2.24) is 10.3 Å². The lowest BCUT2D eigenvalue weighted by Gasteiger charge is -2.16. The third kappa shape index (κ3) is 4.45. The van der Waals surface area contributed by atoms with Gasteiger partial charge in [0.25, 0.3) is 0 Å². The fourth-order valence-corrected chi connectivity index (χ4v) is 4.48. The predicted molar refractivity (Wildman–Crippen MR) is 105 cm³/mol. The lowest BCUT2D eigenvalue weighted by molar-refractivity contribution is -0.119. The number of halogens is 1. The Morgan fingerprint density at radius 3 is 2.96 bits per heavy atom. The summed E-state index contributed by atoms with van der Waals surface area (Å²) in [6, 6.07) is 13.2. The molecule has 1 aromatic heterocycles. The van der Waals surface area contributed by atoms with E-state index >= 15 is 0 Å². The van der Waals surface area contributed by atoms with Crippen molar-refractivity contribution in [3.05, 3.63) is 53.1 Å². The number of nitrogens with one attached hydrogen (secondary N) is 1. The van der Waals surface area contributed by atoms with Crippen LogP contribution in [-0.4, -0.2) is 23.8 Å². The minimum atomic E-state index is -0.126. The number of nitrogens with zero attached hydrogens (tertiary/aromatic N) is 1. The summed E-state index contributed by atoms with van der Waals surface area (Å²) in [5.41, 5.74) is 1.82. The van der Waals surface area contributed by atoms with E-state index < -0.39 is 0 Å². The Morgan fingerprint density at radius 2 is 2.16 bits per heavy atom. The lowest BCUT2D eigenvalue weighted by atomic mass is 10.1. The third-order valence-electron chi connectivity index (χ3n) is 3.64. The second-order valence-electron chi connectivity index (χ2n) is 5.41. The molecule has 0 radical (unpaired) electrons. The van der Waals surface area contributed by atoms with E-state index in [0.29, 0.717) is 10.8 Å². The number of methoxy groups -OCH3 is 1. The van der Waals surface area contributed by atoms with Crippen molar-refractivity contribution in [1.29, 1.82) is 0 Å². The van der Waals surface area contributed by atoms with Gasteiger partial charge >= 0.3 is 0 Å². The van der Waals surface area contributed by atoms with Gasteiger partial charge in [-0.15, -0.1) is 11.3 Å². The zero-order valence-corrected chi connectivity index (χ0v) is 16.2. The van der Waals surface area contributed by atoms with Crippen molar-refractivity contribution < 1.29 is 9.53 Å². The average molecular weight is 393 g/mol. The normalized spacial score (nSPS) is 12.1. The molecule has 0 saturated heterocycles. The Hall–Kier alpha value is -1.76. The Balaban J connectivity index is 1.60. The molecule has 0 aliphatic carbocycles. The summed E-state index contributed by atoms with van der Waals surface area (Å²) < 4.78 is 7.27. The molecule has 0 aliphatic rings. The van der Waals surface area contributed by atoms with Gasteiger partial charge < -0.3 is 10.1 Å². The second-order valence-corrected chi connectivity index (χ2v) is 8.10. The average Bonchev–Trinajstić information content (AvgIpc) is 3.01. The number of aromatic nitrogens is 1. The number of carbonyl (C=O) groups excluding carboxylic acids is 1. The number of fused-ring (bicyclic) bond motifs is 1. The van der Waals surface area contributed by atoms with Gasteiger partial charge in [-0.1, -0.05) is 41.6 Å². The van der Waals surface area contributed by atoms with E-state index in [1.54, 1.807) is 18.4 Å². The summed E-state index contributed by atoms with van der Waals surface area (Å²) >= 11 is 8.97. The maximum Gasteiger partial charge on any atom is 0.230 e. The summed E-state index contributed by atoms with van der Waals surface area (Å²) in [5, 5.41) is 3.66. The van der Waals surface area contributed by atoms with E-state index in [-0.39, 0.29) is 11.9 Å². The molecule has 1 heterocycles. The first-order valence-electron chi connectivity index (χ1n) is 7.68. The SMILES string of the molecule is COc1ccccc1C(C)NC(=O)CSc1nc2cc(Cl)ccc2s1.